The lowest BCUT2D eigenvalue weighted by Crippen LogP contribution is -2.44. The van der Waals surface area contributed by atoms with Gasteiger partial charge in [0.1, 0.15) is 16.8 Å². The van der Waals surface area contributed by atoms with Gasteiger partial charge in [0.15, 0.2) is 0 Å². The smallest absolute Gasteiger partial charge is 0.236 e. The number of nitrogens with one attached hydrogen (secondary N) is 2. The monoisotopic (exact) mass is 429 g/mol. The van der Waals surface area contributed by atoms with Crippen LogP contribution in [0.5, 0.6) is 5.75 Å². The number of fused-ring (bicyclic) bond motifs is 1. The summed E-state index contributed by atoms with van der Waals surface area (Å²) in [6.07, 6.45) is 0. The number of hydrogen-bond donors (Lipinski definition) is 2. The number of thioether (sulfide) groups is 1. The molecule has 0 unspecified atom stereocenters. The molecule has 1 aliphatic rings. The number of aryl methyl sites for hydroxylation is 1. The van der Waals surface area contributed by atoms with Crippen molar-refractivity contribution in [3.05, 3.63) is 70.5 Å². The van der Waals surface area contributed by atoms with Crippen molar-refractivity contribution < 1.29 is 9.53 Å². The molecule has 1 aromatic heterocycles. The maximum Gasteiger partial charge on any atom is 0.236 e. The summed E-state index contributed by atoms with van der Waals surface area (Å²) in [5.41, 5.74) is 5.33. The minimum Gasteiger partial charge on any atom is -0.497 e. The van der Waals surface area contributed by atoms with Gasteiger partial charge in [-0.15, -0.1) is 10.2 Å². The van der Waals surface area contributed by atoms with E-state index < -0.39 is 5.25 Å². The third-order valence-corrected chi connectivity index (χ3v) is 6.18. The molecule has 2 heterocycles. The first-order valence-electron chi connectivity index (χ1n) is 9.06. The molecule has 1 aliphatic heterocycles. The zero-order valence-electron chi connectivity index (χ0n) is 15.9. The molecule has 9 heteroatoms. The second-order valence-corrected chi connectivity index (χ2v) is 8.17. The third-order valence-electron chi connectivity index (χ3n) is 4.71. The fourth-order valence-electron chi connectivity index (χ4n) is 3.11. The van der Waals surface area contributed by atoms with Crippen LogP contribution in [0.1, 0.15) is 23.0 Å². The zero-order chi connectivity index (χ0) is 20.4. The van der Waals surface area contributed by atoms with Gasteiger partial charge in [-0.2, -0.15) is 0 Å². The average Bonchev–Trinajstić information content (AvgIpc) is 3.12. The molecule has 1 amide bonds. The topological polar surface area (TPSA) is 81.1 Å². The van der Waals surface area contributed by atoms with E-state index in [0.717, 1.165) is 22.7 Å². The molecule has 150 valence electrons. The van der Waals surface area contributed by atoms with Crippen LogP contribution in [0.4, 0.5) is 0 Å². The van der Waals surface area contributed by atoms with Crippen LogP contribution >= 0.6 is 23.4 Å². The van der Waals surface area contributed by atoms with Crippen LogP contribution in [0.15, 0.2) is 53.7 Å². The summed E-state index contributed by atoms with van der Waals surface area (Å²) in [7, 11) is 1.63. The number of methoxy groups -OCH3 is 1. The molecule has 2 atom stereocenters. The number of ether oxygens (including phenoxy) is 1. The first-order valence-corrected chi connectivity index (χ1v) is 10.3. The van der Waals surface area contributed by atoms with E-state index in [1.165, 1.54) is 11.8 Å². The molecule has 0 spiro atoms. The summed E-state index contributed by atoms with van der Waals surface area (Å²) >= 11 is 7.43. The quantitative estimate of drug-likeness (QED) is 0.647. The molecular weight excluding hydrogens is 410 g/mol. The Hall–Kier alpha value is -2.71. The first-order chi connectivity index (χ1) is 14.0. The third kappa shape index (κ3) is 4.18. The number of nitrogens with zero attached hydrogens (tertiary/aromatic N) is 3. The van der Waals surface area contributed by atoms with Gasteiger partial charge in [-0.1, -0.05) is 47.6 Å². The van der Waals surface area contributed by atoms with Crippen LogP contribution in [0, 0.1) is 6.92 Å². The Balaban J connectivity index is 1.54. The first kappa shape index (κ1) is 19.6. The summed E-state index contributed by atoms with van der Waals surface area (Å²) in [5.74, 6) is 1.44. The van der Waals surface area contributed by atoms with Gasteiger partial charge in [-0.3, -0.25) is 4.79 Å². The molecule has 29 heavy (non-hydrogen) atoms. The second-order valence-electron chi connectivity index (χ2n) is 6.63. The molecule has 2 N–H and O–H groups in total. The van der Waals surface area contributed by atoms with Gasteiger partial charge in [0, 0.05) is 11.6 Å². The Bertz CT molecular complexity index is 1010. The summed E-state index contributed by atoms with van der Waals surface area (Å²) < 4.78 is 6.99. The van der Waals surface area contributed by atoms with E-state index in [4.69, 9.17) is 16.3 Å². The van der Waals surface area contributed by atoms with E-state index in [9.17, 15) is 4.79 Å². The molecule has 4 rings (SSSR count). The number of hydrogen-bond acceptors (Lipinski definition) is 6. The van der Waals surface area contributed by atoms with Gasteiger partial charge in [0.25, 0.3) is 0 Å². The molecule has 2 aromatic carbocycles. The molecule has 7 nitrogen and oxygen atoms in total. The Morgan fingerprint density at radius 2 is 1.93 bits per heavy atom. The number of rotatable bonds is 5. The average molecular weight is 430 g/mol. The number of carbonyl (C=O) groups is 1. The van der Waals surface area contributed by atoms with Crippen LogP contribution < -0.4 is 15.5 Å². The largest absolute Gasteiger partial charge is 0.497 e. The van der Waals surface area contributed by atoms with Crippen LogP contribution in [-0.4, -0.2) is 33.1 Å². The normalized spacial score (nSPS) is 17.9. The number of benzene rings is 2. The SMILES string of the molecule is COc1ccc(CNC(=O)[C@@H]2Sc3nnc(C)n3N[C@@H]2c2ccc(Cl)cc2)cc1. The highest BCUT2D eigenvalue weighted by atomic mass is 35.5. The van der Waals surface area contributed by atoms with Crippen LogP contribution in [-0.2, 0) is 11.3 Å². The number of amides is 1. The summed E-state index contributed by atoms with van der Waals surface area (Å²) in [6, 6.07) is 14.9. The lowest BCUT2D eigenvalue weighted by molar-refractivity contribution is -0.121. The molecule has 0 fully saturated rings. The molecule has 0 saturated carbocycles. The minimum absolute atomic E-state index is 0.0785. The highest BCUT2D eigenvalue weighted by molar-refractivity contribution is 8.00. The molecule has 0 bridgehead atoms. The van der Waals surface area contributed by atoms with E-state index in [0.29, 0.717) is 16.7 Å². The van der Waals surface area contributed by atoms with Crippen molar-refractivity contribution in [2.75, 3.05) is 12.5 Å². The van der Waals surface area contributed by atoms with E-state index in [1.54, 1.807) is 7.11 Å². The maximum atomic E-state index is 13.1. The number of carbonyl (C=O) groups excluding carboxylic acids is 1. The van der Waals surface area contributed by atoms with Crippen LogP contribution in [0.2, 0.25) is 5.02 Å². The van der Waals surface area contributed by atoms with Gasteiger partial charge >= 0.3 is 0 Å². The van der Waals surface area contributed by atoms with E-state index in [-0.39, 0.29) is 11.9 Å². The Morgan fingerprint density at radius 1 is 1.21 bits per heavy atom. The Morgan fingerprint density at radius 3 is 2.62 bits per heavy atom. The summed E-state index contributed by atoms with van der Waals surface area (Å²) in [4.78, 5) is 13.1. The maximum absolute atomic E-state index is 13.1. The highest BCUT2D eigenvalue weighted by Crippen LogP contribution is 2.37. The summed E-state index contributed by atoms with van der Waals surface area (Å²) in [5, 5.41) is 12.2. The Kier molecular flexibility index (Phi) is 5.64. The molecule has 0 aliphatic carbocycles. The highest BCUT2D eigenvalue weighted by Gasteiger charge is 2.37. The number of halogens is 1. The minimum atomic E-state index is -0.412. The lowest BCUT2D eigenvalue weighted by Gasteiger charge is -2.32. The van der Waals surface area contributed by atoms with Crippen molar-refractivity contribution in [3.63, 3.8) is 0 Å². The van der Waals surface area contributed by atoms with Crippen LogP contribution in [0.25, 0.3) is 0 Å². The fraction of sp³-hybridized carbons (Fsp3) is 0.250. The predicted molar refractivity (Wildman–Crippen MR) is 113 cm³/mol. The molecule has 3 aromatic rings. The van der Waals surface area contributed by atoms with Crippen molar-refractivity contribution in [1.82, 2.24) is 20.2 Å². The van der Waals surface area contributed by atoms with Crippen LogP contribution in [0.3, 0.4) is 0 Å². The van der Waals surface area contributed by atoms with E-state index >= 15 is 0 Å². The van der Waals surface area contributed by atoms with E-state index in [2.05, 4.69) is 20.9 Å². The molecular formula is C20H20ClN5O2S. The van der Waals surface area contributed by atoms with Gasteiger partial charge < -0.3 is 15.5 Å². The second kappa shape index (κ2) is 8.34. The van der Waals surface area contributed by atoms with Gasteiger partial charge in [0.2, 0.25) is 11.1 Å². The van der Waals surface area contributed by atoms with Crippen molar-refractivity contribution in [2.45, 2.75) is 29.9 Å². The Labute approximate surface area is 177 Å². The van der Waals surface area contributed by atoms with Gasteiger partial charge in [0.05, 0.1) is 13.2 Å². The summed E-state index contributed by atoms with van der Waals surface area (Å²) in [6.45, 7) is 2.30. The molecule has 0 radical (unpaired) electrons. The van der Waals surface area contributed by atoms with Gasteiger partial charge in [-0.05, 0) is 42.3 Å². The lowest BCUT2D eigenvalue weighted by atomic mass is 10.0. The van der Waals surface area contributed by atoms with Crippen molar-refractivity contribution >= 4 is 29.3 Å². The van der Waals surface area contributed by atoms with Crippen molar-refractivity contribution in [1.29, 1.82) is 0 Å². The predicted octanol–water partition coefficient (Wildman–Crippen LogP) is 3.32. The van der Waals surface area contributed by atoms with Gasteiger partial charge in [-0.25, -0.2) is 4.68 Å². The fourth-order valence-corrected chi connectivity index (χ4v) is 4.39. The van der Waals surface area contributed by atoms with Crippen molar-refractivity contribution in [2.24, 2.45) is 0 Å². The zero-order valence-corrected chi connectivity index (χ0v) is 17.5. The standard InChI is InChI=1S/C20H20ClN5O2S/c1-12-23-24-20-26(12)25-17(14-5-7-15(21)8-6-14)18(29-20)19(27)22-11-13-3-9-16(28-2)10-4-13/h3-10,17-18,25H,11H2,1-2H3,(H,22,27)/t17-,18-/m1/s1. The van der Waals surface area contributed by atoms with E-state index in [1.807, 2.05) is 60.1 Å². The number of aromatic nitrogens is 3. The van der Waals surface area contributed by atoms with Crippen molar-refractivity contribution in [3.8, 4) is 5.75 Å². The molecule has 0 saturated heterocycles.